The molecule has 2 aliphatic heterocycles. The van der Waals surface area contributed by atoms with Gasteiger partial charge in [0.05, 0.1) is 25.4 Å². The molecule has 0 aromatic carbocycles. The van der Waals surface area contributed by atoms with E-state index in [-0.39, 0.29) is 18.1 Å². The largest absolute Gasteiger partial charge is 0.379 e. The fourth-order valence-electron chi connectivity index (χ4n) is 3.22. The molecule has 122 valence electrons. The average Bonchev–Trinajstić information content (AvgIpc) is 2.74. The molecule has 1 amide bonds. The van der Waals surface area contributed by atoms with Crippen molar-refractivity contribution in [3.05, 3.63) is 0 Å². The van der Waals surface area contributed by atoms with Crippen LogP contribution in [0.5, 0.6) is 0 Å². The Morgan fingerprint density at radius 1 is 1.19 bits per heavy atom. The van der Waals surface area contributed by atoms with Gasteiger partial charge in [0.15, 0.2) is 0 Å². The van der Waals surface area contributed by atoms with Gasteiger partial charge in [0.1, 0.15) is 0 Å². The van der Waals surface area contributed by atoms with E-state index in [2.05, 4.69) is 42.8 Å². The third kappa shape index (κ3) is 4.41. The van der Waals surface area contributed by atoms with Crippen LogP contribution in [0.15, 0.2) is 0 Å². The highest BCUT2D eigenvalue weighted by molar-refractivity contribution is 5.84. The van der Waals surface area contributed by atoms with Crippen LogP contribution in [-0.4, -0.2) is 67.3 Å². The van der Waals surface area contributed by atoms with Gasteiger partial charge in [-0.2, -0.15) is 0 Å². The highest BCUT2D eigenvalue weighted by atomic mass is 16.5. The number of amides is 1. The van der Waals surface area contributed by atoms with Crippen molar-refractivity contribution in [3.8, 4) is 0 Å². The Balaban J connectivity index is 1.92. The van der Waals surface area contributed by atoms with E-state index >= 15 is 0 Å². The molecule has 5 nitrogen and oxygen atoms in total. The summed E-state index contributed by atoms with van der Waals surface area (Å²) in [5, 5.41) is 3.54. The van der Waals surface area contributed by atoms with Gasteiger partial charge in [-0.05, 0) is 18.3 Å². The molecule has 2 unspecified atom stereocenters. The lowest BCUT2D eigenvalue weighted by molar-refractivity contribution is -0.131. The van der Waals surface area contributed by atoms with Crippen LogP contribution in [0.4, 0.5) is 0 Å². The summed E-state index contributed by atoms with van der Waals surface area (Å²) in [6.45, 7) is 14.1. The minimum Gasteiger partial charge on any atom is -0.379 e. The Morgan fingerprint density at radius 2 is 1.86 bits per heavy atom. The number of carbonyl (C=O) groups excluding carboxylic acids is 1. The van der Waals surface area contributed by atoms with E-state index in [9.17, 15) is 4.79 Å². The fourth-order valence-corrected chi connectivity index (χ4v) is 3.22. The standard InChI is InChI=1S/C16H31N3O2/c1-12(2)11-14-16(20)19(15(17-14)13(3)4)6-5-18-7-9-21-10-8-18/h12-15,17H,5-11H2,1-4H3. The van der Waals surface area contributed by atoms with Crippen molar-refractivity contribution in [2.75, 3.05) is 39.4 Å². The molecule has 2 saturated heterocycles. The maximum atomic E-state index is 12.6. The summed E-state index contributed by atoms with van der Waals surface area (Å²) in [5.41, 5.74) is 0. The van der Waals surface area contributed by atoms with Gasteiger partial charge in [0.2, 0.25) is 5.91 Å². The van der Waals surface area contributed by atoms with Crippen LogP contribution < -0.4 is 5.32 Å². The van der Waals surface area contributed by atoms with E-state index < -0.39 is 0 Å². The van der Waals surface area contributed by atoms with Crippen molar-refractivity contribution in [1.82, 2.24) is 15.1 Å². The van der Waals surface area contributed by atoms with Gasteiger partial charge in [-0.25, -0.2) is 0 Å². The summed E-state index contributed by atoms with van der Waals surface area (Å²) >= 11 is 0. The van der Waals surface area contributed by atoms with Crippen molar-refractivity contribution in [3.63, 3.8) is 0 Å². The van der Waals surface area contributed by atoms with Crippen molar-refractivity contribution in [2.24, 2.45) is 11.8 Å². The maximum absolute atomic E-state index is 12.6. The molecule has 1 N–H and O–H groups in total. The van der Waals surface area contributed by atoms with E-state index in [1.165, 1.54) is 0 Å². The SMILES string of the molecule is CC(C)CC1NC(C(C)C)N(CCN2CCOCC2)C1=O. The molecular weight excluding hydrogens is 266 g/mol. The van der Waals surface area contributed by atoms with E-state index in [4.69, 9.17) is 4.74 Å². The van der Waals surface area contributed by atoms with Crippen molar-refractivity contribution in [1.29, 1.82) is 0 Å². The highest BCUT2D eigenvalue weighted by Crippen LogP contribution is 2.21. The van der Waals surface area contributed by atoms with Crippen molar-refractivity contribution >= 4 is 5.91 Å². The summed E-state index contributed by atoms with van der Waals surface area (Å²) in [6.07, 6.45) is 1.11. The number of rotatable bonds is 6. The summed E-state index contributed by atoms with van der Waals surface area (Å²) in [5.74, 6) is 1.27. The topological polar surface area (TPSA) is 44.8 Å². The molecule has 2 atom stereocenters. The number of nitrogens with one attached hydrogen (secondary N) is 1. The molecule has 5 heteroatoms. The third-order valence-electron chi connectivity index (χ3n) is 4.39. The second-order valence-corrected chi connectivity index (χ2v) is 7.02. The summed E-state index contributed by atoms with van der Waals surface area (Å²) in [4.78, 5) is 17.1. The van der Waals surface area contributed by atoms with Crippen LogP contribution in [0.2, 0.25) is 0 Å². The van der Waals surface area contributed by atoms with Crippen LogP contribution in [0.25, 0.3) is 0 Å². The smallest absolute Gasteiger partial charge is 0.241 e. The zero-order valence-corrected chi connectivity index (χ0v) is 14.0. The van der Waals surface area contributed by atoms with Gasteiger partial charge in [0.25, 0.3) is 0 Å². The Bertz CT molecular complexity index is 340. The summed E-state index contributed by atoms with van der Waals surface area (Å²) in [7, 11) is 0. The Morgan fingerprint density at radius 3 is 2.43 bits per heavy atom. The lowest BCUT2D eigenvalue weighted by Crippen LogP contribution is -2.47. The summed E-state index contributed by atoms with van der Waals surface area (Å²) in [6, 6.07) is 0.00193. The molecule has 0 aliphatic carbocycles. The maximum Gasteiger partial charge on any atom is 0.241 e. The molecule has 2 fully saturated rings. The number of hydrogen-bond donors (Lipinski definition) is 1. The van der Waals surface area contributed by atoms with Gasteiger partial charge in [-0.15, -0.1) is 0 Å². The predicted octanol–water partition coefficient (Wildman–Crippen LogP) is 1.15. The minimum absolute atomic E-state index is 0.00193. The monoisotopic (exact) mass is 297 g/mol. The second-order valence-electron chi connectivity index (χ2n) is 7.02. The lowest BCUT2D eigenvalue weighted by Gasteiger charge is -2.31. The Labute approximate surface area is 129 Å². The van der Waals surface area contributed by atoms with Crippen LogP contribution in [0.3, 0.4) is 0 Å². The molecular formula is C16H31N3O2. The lowest BCUT2D eigenvalue weighted by atomic mass is 10.0. The van der Waals surface area contributed by atoms with Gasteiger partial charge < -0.3 is 9.64 Å². The number of morpholine rings is 1. The first-order chi connectivity index (χ1) is 9.99. The van der Waals surface area contributed by atoms with Gasteiger partial charge in [-0.1, -0.05) is 27.7 Å². The van der Waals surface area contributed by atoms with E-state index in [1.807, 2.05) is 0 Å². The quantitative estimate of drug-likeness (QED) is 0.799. The molecule has 0 aromatic rings. The first-order valence-electron chi connectivity index (χ1n) is 8.35. The number of nitrogens with zero attached hydrogens (tertiary/aromatic N) is 2. The minimum atomic E-state index is 0.00193. The number of hydrogen-bond acceptors (Lipinski definition) is 4. The van der Waals surface area contributed by atoms with Gasteiger partial charge in [0, 0.05) is 26.2 Å². The van der Waals surface area contributed by atoms with Crippen LogP contribution in [0, 0.1) is 11.8 Å². The Kier molecular flexibility index (Phi) is 6.02. The molecule has 0 bridgehead atoms. The summed E-state index contributed by atoms with van der Waals surface area (Å²) < 4.78 is 5.38. The molecule has 0 saturated carbocycles. The normalized spacial score (nSPS) is 28.1. The third-order valence-corrected chi connectivity index (χ3v) is 4.39. The predicted molar refractivity (Wildman–Crippen MR) is 84.0 cm³/mol. The number of carbonyl (C=O) groups is 1. The molecule has 2 rings (SSSR count). The highest BCUT2D eigenvalue weighted by Gasteiger charge is 2.40. The van der Waals surface area contributed by atoms with Crippen LogP contribution in [-0.2, 0) is 9.53 Å². The van der Waals surface area contributed by atoms with E-state index in [1.54, 1.807) is 0 Å². The zero-order chi connectivity index (χ0) is 15.4. The van der Waals surface area contributed by atoms with Gasteiger partial charge in [-0.3, -0.25) is 15.0 Å². The fraction of sp³-hybridized carbons (Fsp3) is 0.938. The molecule has 21 heavy (non-hydrogen) atoms. The Hall–Kier alpha value is -0.650. The van der Waals surface area contributed by atoms with E-state index in [0.717, 1.165) is 45.8 Å². The van der Waals surface area contributed by atoms with Crippen molar-refractivity contribution in [2.45, 2.75) is 46.3 Å². The van der Waals surface area contributed by atoms with Gasteiger partial charge >= 0.3 is 0 Å². The molecule has 0 spiro atoms. The van der Waals surface area contributed by atoms with Crippen LogP contribution in [0.1, 0.15) is 34.1 Å². The van der Waals surface area contributed by atoms with E-state index in [0.29, 0.717) is 11.8 Å². The van der Waals surface area contributed by atoms with Crippen LogP contribution >= 0.6 is 0 Å². The van der Waals surface area contributed by atoms with Crippen molar-refractivity contribution < 1.29 is 9.53 Å². The first-order valence-corrected chi connectivity index (χ1v) is 8.35. The average molecular weight is 297 g/mol. The number of ether oxygens (including phenoxy) is 1. The first kappa shape index (κ1) is 16.7. The molecule has 0 radical (unpaired) electrons. The molecule has 2 heterocycles. The molecule has 0 aromatic heterocycles. The zero-order valence-electron chi connectivity index (χ0n) is 14.0. The molecule has 2 aliphatic rings. The second kappa shape index (κ2) is 7.56.